The van der Waals surface area contributed by atoms with Crippen molar-refractivity contribution in [3.8, 4) is 0 Å². The van der Waals surface area contributed by atoms with E-state index in [1.54, 1.807) is 6.08 Å². The van der Waals surface area contributed by atoms with Crippen molar-refractivity contribution >= 4 is 5.91 Å². The van der Waals surface area contributed by atoms with Gasteiger partial charge in [0, 0.05) is 6.42 Å². The van der Waals surface area contributed by atoms with Crippen LogP contribution in [0.5, 0.6) is 0 Å². The van der Waals surface area contributed by atoms with Crippen molar-refractivity contribution < 1.29 is 15.0 Å². The Bertz CT molecular complexity index is 1070. The molecule has 0 bridgehead atoms. The van der Waals surface area contributed by atoms with Gasteiger partial charge in [-0.3, -0.25) is 4.79 Å². The van der Waals surface area contributed by atoms with E-state index in [9.17, 15) is 15.0 Å². The number of carbonyl (C=O) groups excluding carboxylic acids is 1. The van der Waals surface area contributed by atoms with Gasteiger partial charge in [0.15, 0.2) is 0 Å². The van der Waals surface area contributed by atoms with Crippen molar-refractivity contribution in [3.63, 3.8) is 0 Å². The molecule has 0 aromatic heterocycles. The van der Waals surface area contributed by atoms with Crippen molar-refractivity contribution in [3.05, 3.63) is 36.5 Å². The van der Waals surface area contributed by atoms with Gasteiger partial charge in [-0.05, 0) is 51.4 Å². The number of hydrogen-bond acceptors (Lipinski definition) is 3. The number of aliphatic hydroxyl groups is 2. The largest absolute Gasteiger partial charge is 0.394 e. The van der Waals surface area contributed by atoms with Crippen molar-refractivity contribution in [2.45, 2.75) is 373 Å². The standard InChI is InChI=1S/C66H127NO3/c1-3-5-7-9-11-13-15-17-19-21-23-25-26-27-28-29-30-31-32-33-34-35-36-37-38-39-40-42-44-46-48-50-52-54-56-58-60-62-66(70)67-64(63-68)65(69)61-59-57-55-53-51-49-47-45-43-41-24-22-20-18-16-14-12-10-8-6-4-2/h28-29,31-32,59,61,64-65,68-69H,3-27,30,33-58,60,62-63H2,1-2H3,(H,67,70)/b29-28-,32-31-,61-59+. The van der Waals surface area contributed by atoms with Crippen LogP contribution in [0.25, 0.3) is 0 Å². The van der Waals surface area contributed by atoms with Gasteiger partial charge >= 0.3 is 0 Å². The maximum Gasteiger partial charge on any atom is 0.220 e. The number of carbonyl (C=O) groups is 1. The van der Waals surface area contributed by atoms with Crippen molar-refractivity contribution in [2.24, 2.45) is 0 Å². The van der Waals surface area contributed by atoms with Gasteiger partial charge in [-0.25, -0.2) is 0 Å². The summed E-state index contributed by atoms with van der Waals surface area (Å²) in [6, 6.07) is -0.622. The Morgan fingerprint density at radius 3 is 0.857 bits per heavy atom. The van der Waals surface area contributed by atoms with Crippen molar-refractivity contribution in [2.75, 3.05) is 6.61 Å². The number of nitrogens with one attached hydrogen (secondary N) is 1. The van der Waals surface area contributed by atoms with Gasteiger partial charge in [-0.2, -0.15) is 0 Å². The first-order chi connectivity index (χ1) is 34.7. The summed E-state index contributed by atoms with van der Waals surface area (Å²) >= 11 is 0. The molecule has 0 aromatic rings. The average Bonchev–Trinajstić information content (AvgIpc) is 3.36. The zero-order chi connectivity index (χ0) is 50.6. The van der Waals surface area contributed by atoms with E-state index in [-0.39, 0.29) is 12.5 Å². The SMILES string of the molecule is CCCCCCCCCCCCCCC/C=C\C/C=C\CCCCCCCCCCCCCCCCCCCC(=O)NC(CO)C(O)/C=C/CCCCCCCCCCCCCCCCCCCCC. The number of rotatable bonds is 60. The van der Waals surface area contributed by atoms with E-state index < -0.39 is 12.1 Å². The van der Waals surface area contributed by atoms with Gasteiger partial charge in [0.25, 0.3) is 0 Å². The van der Waals surface area contributed by atoms with Gasteiger partial charge in [0.05, 0.1) is 18.8 Å². The van der Waals surface area contributed by atoms with E-state index in [2.05, 4.69) is 43.5 Å². The lowest BCUT2D eigenvalue weighted by Gasteiger charge is -2.20. The molecule has 2 atom stereocenters. The minimum absolute atomic E-state index is 0.0579. The summed E-state index contributed by atoms with van der Waals surface area (Å²) in [5.74, 6) is -0.0579. The topological polar surface area (TPSA) is 69.6 Å². The fraction of sp³-hybridized carbons (Fsp3) is 0.894. The van der Waals surface area contributed by atoms with E-state index in [0.717, 1.165) is 32.1 Å². The van der Waals surface area contributed by atoms with Crippen LogP contribution in [0.15, 0.2) is 36.5 Å². The molecule has 414 valence electrons. The number of allylic oxidation sites excluding steroid dienone is 5. The van der Waals surface area contributed by atoms with E-state index in [4.69, 9.17) is 0 Å². The Labute approximate surface area is 440 Å². The van der Waals surface area contributed by atoms with E-state index in [1.807, 2.05) is 6.08 Å². The van der Waals surface area contributed by atoms with Crippen LogP contribution in [0.3, 0.4) is 0 Å². The number of aliphatic hydroxyl groups excluding tert-OH is 2. The normalized spacial score (nSPS) is 12.9. The monoisotopic (exact) mass is 982 g/mol. The summed E-state index contributed by atoms with van der Waals surface area (Å²) < 4.78 is 0. The Morgan fingerprint density at radius 2 is 0.586 bits per heavy atom. The third-order valence-electron chi connectivity index (χ3n) is 15.1. The number of hydrogen-bond donors (Lipinski definition) is 3. The van der Waals surface area contributed by atoms with Crippen LogP contribution in [0.2, 0.25) is 0 Å². The fourth-order valence-electron chi connectivity index (χ4n) is 10.2. The van der Waals surface area contributed by atoms with Crippen LogP contribution < -0.4 is 5.32 Å². The van der Waals surface area contributed by atoms with Gasteiger partial charge in [-0.15, -0.1) is 0 Å². The summed E-state index contributed by atoms with van der Waals surface area (Å²) in [6.07, 6.45) is 84.9. The first-order valence-corrected chi connectivity index (χ1v) is 32.2. The Balaban J connectivity index is 3.43. The summed E-state index contributed by atoms with van der Waals surface area (Å²) in [5, 5.41) is 23.2. The maximum atomic E-state index is 12.5. The van der Waals surface area contributed by atoms with E-state index >= 15 is 0 Å². The minimum Gasteiger partial charge on any atom is -0.394 e. The Morgan fingerprint density at radius 1 is 0.343 bits per heavy atom. The highest BCUT2D eigenvalue weighted by Gasteiger charge is 2.18. The molecular formula is C66H127NO3. The maximum absolute atomic E-state index is 12.5. The molecule has 0 rings (SSSR count). The smallest absolute Gasteiger partial charge is 0.220 e. The predicted molar refractivity (Wildman–Crippen MR) is 313 cm³/mol. The molecule has 0 aliphatic rings. The van der Waals surface area contributed by atoms with E-state index in [0.29, 0.717) is 6.42 Å². The Kier molecular flexibility index (Phi) is 60.7. The number of amides is 1. The van der Waals surface area contributed by atoms with Gasteiger partial charge in [-0.1, -0.05) is 339 Å². The lowest BCUT2D eigenvalue weighted by Crippen LogP contribution is -2.45. The third-order valence-corrected chi connectivity index (χ3v) is 15.1. The molecule has 0 fully saturated rings. The lowest BCUT2D eigenvalue weighted by atomic mass is 10.0. The summed E-state index contributed by atoms with van der Waals surface area (Å²) in [7, 11) is 0. The fourth-order valence-corrected chi connectivity index (χ4v) is 10.2. The highest BCUT2D eigenvalue weighted by molar-refractivity contribution is 5.76. The second-order valence-corrected chi connectivity index (χ2v) is 22.2. The quantitative estimate of drug-likeness (QED) is 0.0420. The van der Waals surface area contributed by atoms with Gasteiger partial charge < -0.3 is 15.5 Å². The molecule has 0 spiro atoms. The summed E-state index contributed by atoms with van der Waals surface area (Å²) in [6.45, 7) is 4.35. The van der Waals surface area contributed by atoms with Crippen LogP contribution >= 0.6 is 0 Å². The third kappa shape index (κ3) is 57.5. The molecule has 0 saturated heterocycles. The summed E-state index contributed by atoms with van der Waals surface area (Å²) in [5.41, 5.74) is 0. The minimum atomic E-state index is -0.839. The van der Waals surface area contributed by atoms with Crippen molar-refractivity contribution in [1.29, 1.82) is 0 Å². The molecule has 0 aromatic carbocycles. The molecule has 0 heterocycles. The molecule has 3 N–H and O–H groups in total. The molecule has 70 heavy (non-hydrogen) atoms. The van der Waals surface area contributed by atoms with Crippen molar-refractivity contribution in [1.82, 2.24) is 5.32 Å². The second-order valence-electron chi connectivity index (χ2n) is 22.2. The van der Waals surface area contributed by atoms with Crippen LogP contribution in [0, 0.1) is 0 Å². The Hall–Kier alpha value is -1.39. The molecule has 4 nitrogen and oxygen atoms in total. The highest BCUT2D eigenvalue weighted by atomic mass is 16.3. The zero-order valence-corrected chi connectivity index (χ0v) is 47.8. The summed E-state index contributed by atoms with van der Waals surface area (Å²) in [4.78, 5) is 12.5. The lowest BCUT2D eigenvalue weighted by molar-refractivity contribution is -0.123. The molecular weight excluding hydrogens is 855 g/mol. The molecule has 1 amide bonds. The van der Waals surface area contributed by atoms with E-state index in [1.165, 1.54) is 308 Å². The van der Waals surface area contributed by atoms with Gasteiger partial charge in [0.2, 0.25) is 5.91 Å². The van der Waals surface area contributed by atoms with Gasteiger partial charge in [0.1, 0.15) is 0 Å². The first-order valence-electron chi connectivity index (χ1n) is 32.2. The highest BCUT2D eigenvalue weighted by Crippen LogP contribution is 2.18. The van der Waals surface area contributed by atoms with Crippen LogP contribution in [-0.4, -0.2) is 34.9 Å². The first kappa shape index (κ1) is 68.6. The second kappa shape index (κ2) is 61.9. The molecule has 2 unspecified atom stereocenters. The zero-order valence-electron chi connectivity index (χ0n) is 47.8. The van der Waals surface area contributed by atoms with Crippen LogP contribution in [0.4, 0.5) is 0 Å². The molecule has 4 heteroatoms. The molecule has 0 radical (unpaired) electrons. The average molecular weight is 983 g/mol. The molecule has 0 aliphatic carbocycles. The van der Waals surface area contributed by atoms with Crippen LogP contribution in [-0.2, 0) is 4.79 Å². The molecule has 0 aliphatic heterocycles. The number of unbranched alkanes of at least 4 members (excludes halogenated alkanes) is 49. The molecule has 0 saturated carbocycles. The predicted octanol–water partition coefficient (Wildman–Crippen LogP) is 21.6. The van der Waals surface area contributed by atoms with Crippen LogP contribution in [0.1, 0.15) is 361 Å².